The molecule has 0 radical (unpaired) electrons. The van der Waals surface area contributed by atoms with Crippen molar-refractivity contribution in [1.29, 1.82) is 0 Å². The van der Waals surface area contributed by atoms with Crippen molar-refractivity contribution >= 4 is 27.3 Å². The molecule has 0 fully saturated rings. The maximum atomic E-state index is 3.53. The van der Waals surface area contributed by atoms with Gasteiger partial charge in [-0.2, -0.15) is 0 Å². The molecule has 1 aliphatic rings. The van der Waals surface area contributed by atoms with Gasteiger partial charge in [0, 0.05) is 16.6 Å². The number of anilines is 2. The first-order valence-corrected chi connectivity index (χ1v) is 5.18. The van der Waals surface area contributed by atoms with Gasteiger partial charge in [-0.15, -0.1) is 0 Å². The highest BCUT2D eigenvalue weighted by molar-refractivity contribution is 9.10. The SMILES string of the molecule is CC1(C)CNc2cccc(Br)c2N1. The highest BCUT2D eigenvalue weighted by Crippen LogP contribution is 2.35. The van der Waals surface area contributed by atoms with Crippen LogP contribution in [0.5, 0.6) is 0 Å². The molecule has 0 amide bonds. The normalized spacial score (nSPS) is 18.4. The average Bonchev–Trinajstić information content (AvgIpc) is 2.06. The van der Waals surface area contributed by atoms with E-state index in [9.17, 15) is 0 Å². The molecule has 13 heavy (non-hydrogen) atoms. The van der Waals surface area contributed by atoms with Crippen molar-refractivity contribution in [2.24, 2.45) is 0 Å². The predicted octanol–water partition coefficient (Wildman–Crippen LogP) is 3.07. The van der Waals surface area contributed by atoms with Crippen LogP contribution < -0.4 is 10.6 Å². The van der Waals surface area contributed by atoms with Crippen LogP contribution in [-0.2, 0) is 0 Å². The van der Waals surface area contributed by atoms with Crippen molar-refractivity contribution in [1.82, 2.24) is 0 Å². The molecule has 2 rings (SSSR count). The summed E-state index contributed by atoms with van der Waals surface area (Å²) in [7, 11) is 0. The molecule has 1 aromatic rings. The quantitative estimate of drug-likeness (QED) is 0.729. The fourth-order valence-corrected chi connectivity index (χ4v) is 1.96. The Labute approximate surface area is 86.9 Å². The molecule has 2 N–H and O–H groups in total. The predicted molar refractivity (Wildman–Crippen MR) is 60.3 cm³/mol. The summed E-state index contributed by atoms with van der Waals surface area (Å²) >= 11 is 3.53. The Morgan fingerprint density at radius 2 is 2.15 bits per heavy atom. The van der Waals surface area contributed by atoms with Crippen LogP contribution in [0, 0.1) is 0 Å². The zero-order valence-electron chi connectivity index (χ0n) is 7.82. The van der Waals surface area contributed by atoms with E-state index in [1.807, 2.05) is 6.07 Å². The number of para-hydroxylation sites is 1. The van der Waals surface area contributed by atoms with Gasteiger partial charge < -0.3 is 10.6 Å². The number of hydrogen-bond donors (Lipinski definition) is 2. The molecule has 0 saturated heterocycles. The van der Waals surface area contributed by atoms with Gasteiger partial charge in [-0.1, -0.05) is 6.07 Å². The van der Waals surface area contributed by atoms with Gasteiger partial charge in [0.25, 0.3) is 0 Å². The lowest BCUT2D eigenvalue weighted by molar-refractivity contribution is 0.588. The Balaban J connectivity index is 2.44. The summed E-state index contributed by atoms with van der Waals surface area (Å²) in [5.74, 6) is 0. The lowest BCUT2D eigenvalue weighted by Gasteiger charge is -2.35. The number of hydrogen-bond acceptors (Lipinski definition) is 2. The molecule has 0 atom stereocenters. The van der Waals surface area contributed by atoms with Crippen molar-refractivity contribution in [3.05, 3.63) is 22.7 Å². The number of benzene rings is 1. The van der Waals surface area contributed by atoms with Crippen LogP contribution in [0.3, 0.4) is 0 Å². The first-order chi connectivity index (χ1) is 6.08. The van der Waals surface area contributed by atoms with Gasteiger partial charge in [-0.05, 0) is 41.9 Å². The largest absolute Gasteiger partial charge is 0.381 e. The molecular weight excluding hydrogens is 228 g/mol. The van der Waals surface area contributed by atoms with E-state index < -0.39 is 0 Å². The third-order valence-corrected chi connectivity index (χ3v) is 2.86. The zero-order valence-corrected chi connectivity index (χ0v) is 9.40. The first-order valence-electron chi connectivity index (χ1n) is 4.39. The fourth-order valence-electron chi connectivity index (χ4n) is 1.50. The molecule has 0 saturated carbocycles. The number of nitrogens with one attached hydrogen (secondary N) is 2. The molecule has 0 aliphatic carbocycles. The standard InChI is InChI=1S/C10H13BrN2/c1-10(2)6-12-8-5-3-4-7(11)9(8)13-10/h3-5,12-13H,6H2,1-2H3. The van der Waals surface area contributed by atoms with Gasteiger partial charge in [0.15, 0.2) is 0 Å². The average molecular weight is 241 g/mol. The van der Waals surface area contributed by atoms with Crippen molar-refractivity contribution in [3.8, 4) is 0 Å². The van der Waals surface area contributed by atoms with Crippen LogP contribution >= 0.6 is 15.9 Å². The first kappa shape index (κ1) is 8.88. The van der Waals surface area contributed by atoms with Gasteiger partial charge >= 0.3 is 0 Å². The fraction of sp³-hybridized carbons (Fsp3) is 0.400. The minimum absolute atomic E-state index is 0.122. The Bertz CT molecular complexity index is 334. The molecule has 1 aromatic carbocycles. The van der Waals surface area contributed by atoms with Crippen LogP contribution in [0.15, 0.2) is 22.7 Å². The number of fused-ring (bicyclic) bond motifs is 1. The van der Waals surface area contributed by atoms with E-state index in [1.165, 1.54) is 11.4 Å². The lowest BCUT2D eigenvalue weighted by atomic mass is 10.0. The van der Waals surface area contributed by atoms with Gasteiger partial charge in [0.2, 0.25) is 0 Å². The third kappa shape index (κ3) is 1.66. The maximum Gasteiger partial charge on any atom is 0.0725 e. The molecule has 0 bridgehead atoms. The van der Waals surface area contributed by atoms with E-state index in [2.05, 4.69) is 52.5 Å². The van der Waals surface area contributed by atoms with E-state index in [0.717, 1.165) is 11.0 Å². The summed E-state index contributed by atoms with van der Waals surface area (Å²) in [4.78, 5) is 0. The second-order valence-corrected chi connectivity index (χ2v) is 4.88. The summed E-state index contributed by atoms with van der Waals surface area (Å²) in [6.45, 7) is 5.32. The molecule has 1 heterocycles. The van der Waals surface area contributed by atoms with Crippen LogP contribution in [0.2, 0.25) is 0 Å². The van der Waals surface area contributed by atoms with E-state index in [4.69, 9.17) is 0 Å². The van der Waals surface area contributed by atoms with Crippen molar-refractivity contribution < 1.29 is 0 Å². The van der Waals surface area contributed by atoms with E-state index in [1.54, 1.807) is 0 Å². The van der Waals surface area contributed by atoms with E-state index in [-0.39, 0.29) is 5.54 Å². The zero-order chi connectivity index (χ0) is 9.47. The summed E-state index contributed by atoms with van der Waals surface area (Å²) in [6, 6.07) is 6.17. The number of rotatable bonds is 0. The Morgan fingerprint density at radius 3 is 2.92 bits per heavy atom. The maximum absolute atomic E-state index is 3.53. The van der Waals surface area contributed by atoms with Gasteiger partial charge in [0.1, 0.15) is 0 Å². The molecule has 2 nitrogen and oxygen atoms in total. The molecule has 0 aromatic heterocycles. The lowest BCUT2D eigenvalue weighted by Crippen LogP contribution is -2.42. The molecular formula is C10H13BrN2. The summed E-state index contributed by atoms with van der Waals surface area (Å²) in [6.07, 6.45) is 0. The van der Waals surface area contributed by atoms with Crippen LogP contribution in [0.4, 0.5) is 11.4 Å². The minimum Gasteiger partial charge on any atom is -0.381 e. The van der Waals surface area contributed by atoms with Crippen molar-refractivity contribution in [3.63, 3.8) is 0 Å². The smallest absolute Gasteiger partial charge is 0.0725 e. The highest BCUT2D eigenvalue weighted by atomic mass is 79.9. The molecule has 70 valence electrons. The minimum atomic E-state index is 0.122. The second-order valence-electron chi connectivity index (χ2n) is 4.02. The monoisotopic (exact) mass is 240 g/mol. The van der Waals surface area contributed by atoms with Crippen LogP contribution in [-0.4, -0.2) is 12.1 Å². The van der Waals surface area contributed by atoms with Crippen LogP contribution in [0.25, 0.3) is 0 Å². The summed E-state index contributed by atoms with van der Waals surface area (Å²) in [5.41, 5.74) is 2.46. The molecule has 1 aliphatic heterocycles. The third-order valence-electron chi connectivity index (χ3n) is 2.20. The Morgan fingerprint density at radius 1 is 1.38 bits per heavy atom. The Hall–Kier alpha value is -0.700. The van der Waals surface area contributed by atoms with Crippen LogP contribution in [0.1, 0.15) is 13.8 Å². The molecule has 0 unspecified atom stereocenters. The van der Waals surface area contributed by atoms with Crippen molar-refractivity contribution in [2.75, 3.05) is 17.2 Å². The Kier molecular flexibility index (Phi) is 1.99. The second kappa shape index (κ2) is 2.91. The van der Waals surface area contributed by atoms with E-state index in [0.29, 0.717) is 0 Å². The van der Waals surface area contributed by atoms with Gasteiger partial charge in [-0.25, -0.2) is 0 Å². The van der Waals surface area contributed by atoms with Gasteiger partial charge in [0.05, 0.1) is 11.4 Å². The highest BCUT2D eigenvalue weighted by Gasteiger charge is 2.24. The van der Waals surface area contributed by atoms with E-state index >= 15 is 0 Å². The number of halogens is 1. The molecule has 0 spiro atoms. The van der Waals surface area contributed by atoms with Gasteiger partial charge in [-0.3, -0.25) is 0 Å². The summed E-state index contributed by atoms with van der Waals surface area (Å²) < 4.78 is 1.12. The molecule has 3 heteroatoms. The van der Waals surface area contributed by atoms with Crippen molar-refractivity contribution in [2.45, 2.75) is 19.4 Å². The summed E-state index contributed by atoms with van der Waals surface area (Å²) in [5, 5.41) is 6.90. The topological polar surface area (TPSA) is 24.1 Å².